The lowest BCUT2D eigenvalue weighted by Gasteiger charge is -2.13. The molecule has 1 N–H and O–H groups in total. The van der Waals surface area contributed by atoms with E-state index in [-0.39, 0.29) is 0 Å². The third-order valence-corrected chi connectivity index (χ3v) is 1.55. The van der Waals surface area contributed by atoms with Gasteiger partial charge in [0.05, 0.1) is 0 Å². The van der Waals surface area contributed by atoms with Gasteiger partial charge in [0, 0.05) is 0 Å². The van der Waals surface area contributed by atoms with E-state index in [1.807, 2.05) is 0 Å². The van der Waals surface area contributed by atoms with Crippen molar-refractivity contribution in [2.24, 2.45) is 0 Å². The molecule has 0 saturated carbocycles. The quantitative estimate of drug-likeness (QED) is 0.408. The first-order valence-electron chi connectivity index (χ1n) is 3.27. The number of allylic oxidation sites excluding steroid dienone is 1. The van der Waals surface area contributed by atoms with Crippen LogP contribution in [0.25, 0.3) is 0 Å². The average molecular weight is 125 g/mol. The molecule has 0 unspecified atom stereocenters. The van der Waals surface area contributed by atoms with Gasteiger partial charge in [-0.3, -0.25) is 4.79 Å². The molecule has 9 heavy (non-hydrogen) atoms. The van der Waals surface area contributed by atoms with Crippen molar-refractivity contribution in [3.05, 3.63) is 11.6 Å². The fraction of sp³-hybridized carbons (Fsp3) is 0.571. The molecule has 0 aromatic carbocycles. The zero-order chi connectivity index (χ0) is 6.53. The number of hydrogen-bond acceptors (Lipinski definition) is 2. The zero-order valence-electron chi connectivity index (χ0n) is 5.39. The highest BCUT2D eigenvalue weighted by Gasteiger charge is 2.01. The molecule has 2 heteroatoms. The van der Waals surface area contributed by atoms with E-state index in [2.05, 4.69) is 5.32 Å². The first-order valence-corrected chi connectivity index (χ1v) is 3.27. The van der Waals surface area contributed by atoms with Crippen molar-refractivity contribution in [2.45, 2.75) is 12.8 Å². The minimum atomic E-state index is 0.876. The molecule has 0 bridgehead atoms. The molecular formula is C7H11NO. The lowest BCUT2D eigenvalue weighted by Crippen LogP contribution is -2.23. The molecule has 50 valence electrons. The Morgan fingerprint density at radius 2 is 2.00 bits per heavy atom. The Hall–Kier alpha value is -0.630. The van der Waals surface area contributed by atoms with Crippen LogP contribution in [0.5, 0.6) is 0 Å². The van der Waals surface area contributed by atoms with Crippen LogP contribution in [0, 0.1) is 0 Å². The Bertz CT molecular complexity index is 121. The third-order valence-electron chi connectivity index (χ3n) is 1.55. The highest BCUT2D eigenvalue weighted by atomic mass is 16.1. The summed E-state index contributed by atoms with van der Waals surface area (Å²) in [6.07, 6.45) is 4.64. The number of nitrogens with one attached hydrogen (secondary N) is 1. The van der Waals surface area contributed by atoms with Gasteiger partial charge in [-0.1, -0.05) is 5.57 Å². The van der Waals surface area contributed by atoms with Crippen LogP contribution < -0.4 is 5.32 Å². The number of aldehydes is 1. The molecule has 0 aromatic heterocycles. The molecule has 0 amide bonds. The monoisotopic (exact) mass is 125 g/mol. The van der Waals surface area contributed by atoms with E-state index >= 15 is 0 Å². The molecule has 0 aliphatic carbocycles. The Labute approximate surface area is 54.9 Å². The molecule has 0 atom stereocenters. The van der Waals surface area contributed by atoms with E-state index in [9.17, 15) is 4.79 Å². The lowest BCUT2D eigenvalue weighted by molar-refractivity contribution is -0.104. The van der Waals surface area contributed by atoms with E-state index in [1.165, 1.54) is 5.57 Å². The fourth-order valence-corrected chi connectivity index (χ4v) is 1.01. The normalized spacial score (nSPS) is 19.3. The predicted octanol–water partition coefficient (Wildman–Crippen LogP) is 0.495. The molecule has 1 heterocycles. The summed E-state index contributed by atoms with van der Waals surface area (Å²) in [7, 11) is 0. The highest BCUT2D eigenvalue weighted by molar-refractivity contribution is 5.66. The summed E-state index contributed by atoms with van der Waals surface area (Å²) < 4.78 is 0. The van der Waals surface area contributed by atoms with Gasteiger partial charge in [-0.25, -0.2) is 0 Å². The fourth-order valence-electron chi connectivity index (χ4n) is 1.01. The van der Waals surface area contributed by atoms with Gasteiger partial charge in [-0.05, 0) is 32.0 Å². The van der Waals surface area contributed by atoms with Crippen LogP contribution in [0.4, 0.5) is 0 Å². The van der Waals surface area contributed by atoms with Gasteiger partial charge in [-0.15, -0.1) is 0 Å². The van der Waals surface area contributed by atoms with Crippen molar-refractivity contribution in [1.29, 1.82) is 0 Å². The molecule has 0 aromatic rings. The van der Waals surface area contributed by atoms with Crippen LogP contribution in [-0.4, -0.2) is 19.4 Å². The molecule has 0 radical (unpaired) electrons. The Morgan fingerprint density at radius 1 is 1.33 bits per heavy atom. The van der Waals surface area contributed by atoms with Crippen molar-refractivity contribution < 1.29 is 4.79 Å². The second-order valence-corrected chi connectivity index (χ2v) is 2.21. The lowest BCUT2D eigenvalue weighted by atomic mass is 10.1. The number of carbonyl (C=O) groups excluding carboxylic acids is 1. The summed E-state index contributed by atoms with van der Waals surface area (Å²) in [5.74, 6) is 0. The maximum absolute atomic E-state index is 9.98. The maximum atomic E-state index is 9.98. The number of hydrogen-bond donors (Lipinski definition) is 1. The van der Waals surface area contributed by atoms with Gasteiger partial charge in [0.1, 0.15) is 6.29 Å². The topological polar surface area (TPSA) is 29.1 Å². The molecule has 2 nitrogen and oxygen atoms in total. The smallest absolute Gasteiger partial charge is 0.142 e. The number of rotatable bonds is 1. The van der Waals surface area contributed by atoms with E-state index in [0.717, 1.165) is 32.2 Å². The maximum Gasteiger partial charge on any atom is 0.142 e. The highest BCUT2D eigenvalue weighted by Crippen LogP contribution is 2.07. The van der Waals surface area contributed by atoms with Gasteiger partial charge in [0.2, 0.25) is 0 Å². The van der Waals surface area contributed by atoms with Crippen LogP contribution in [0.15, 0.2) is 11.6 Å². The molecular weight excluding hydrogens is 114 g/mol. The van der Waals surface area contributed by atoms with Gasteiger partial charge in [-0.2, -0.15) is 0 Å². The molecule has 1 aliphatic rings. The summed E-state index contributed by atoms with van der Waals surface area (Å²) in [5.41, 5.74) is 1.28. The van der Waals surface area contributed by atoms with Crippen LogP contribution in [-0.2, 0) is 4.79 Å². The average Bonchev–Trinajstić information content (AvgIpc) is 1.91. The molecule has 0 spiro atoms. The Kier molecular flexibility index (Phi) is 2.46. The predicted molar refractivity (Wildman–Crippen MR) is 36.3 cm³/mol. The molecule has 1 aliphatic heterocycles. The van der Waals surface area contributed by atoms with Gasteiger partial charge < -0.3 is 5.32 Å². The second-order valence-electron chi connectivity index (χ2n) is 2.21. The van der Waals surface area contributed by atoms with Crippen LogP contribution in [0.2, 0.25) is 0 Å². The van der Waals surface area contributed by atoms with Crippen molar-refractivity contribution in [1.82, 2.24) is 5.32 Å². The SMILES string of the molecule is O=CC=C1CCNCC1. The van der Waals surface area contributed by atoms with Gasteiger partial charge >= 0.3 is 0 Å². The first-order chi connectivity index (χ1) is 4.43. The van der Waals surface area contributed by atoms with Crippen molar-refractivity contribution in [3.8, 4) is 0 Å². The van der Waals surface area contributed by atoms with Gasteiger partial charge in [0.25, 0.3) is 0 Å². The van der Waals surface area contributed by atoms with E-state index in [4.69, 9.17) is 0 Å². The van der Waals surface area contributed by atoms with Crippen LogP contribution in [0.3, 0.4) is 0 Å². The summed E-state index contributed by atoms with van der Waals surface area (Å²) in [6.45, 7) is 2.05. The van der Waals surface area contributed by atoms with E-state index in [0.29, 0.717) is 0 Å². The summed E-state index contributed by atoms with van der Waals surface area (Å²) in [6, 6.07) is 0. The van der Waals surface area contributed by atoms with Crippen molar-refractivity contribution >= 4 is 6.29 Å². The number of piperidine rings is 1. The standard InChI is InChI=1S/C7H11NO/c9-6-3-7-1-4-8-5-2-7/h3,6,8H,1-2,4-5H2. The molecule has 1 saturated heterocycles. The summed E-state index contributed by atoms with van der Waals surface area (Å²) in [5, 5.41) is 3.22. The molecule has 1 fully saturated rings. The summed E-state index contributed by atoms with van der Waals surface area (Å²) >= 11 is 0. The Balaban J connectivity index is 2.39. The Morgan fingerprint density at radius 3 is 2.56 bits per heavy atom. The zero-order valence-corrected chi connectivity index (χ0v) is 5.39. The van der Waals surface area contributed by atoms with Crippen molar-refractivity contribution in [3.63, 3.8) is 0 Å². The first kappa shape index (κ1) is 6.49. The third kappa shape index (κ3) is 1.98. The number of carbonyl (C=O) groups is 1. The second kappa shape index (κ2) is 3.41. The minimum Gasteiger partial charge on any atom is -0.316 e. The summed E-state index contributed by atoms with van der Waals surface area (Å²) in [4.78, 5) is 9.98. The van der Waals surface area contributed by atoms with Crippen molar-refractivity contribution in [2.75, 3.05) is 13.1 Å². The van der Waals surface area contributed by atoms with Gasteiger partial charge in [0.15, 0.2) is 0 Å². The van der Waals surface area contributed by atoms with Crippen LogP contribution >= 0.6 is 0 Å². The van der Waals surface area contributed by atoms with E-state index in [1.54, 1.807) is 6.08 Å². The van der Waals surface area contributed by atoms with E-state index < -0.39 is 0 Å². The van der Waals surface area contributed by atoms with Crippen LogP contribution in [0.1, 0.15) is 12.8 Å². The minimum absolute atomic E-state index is 0.876. The largest absolute Gasteiger partial charge is 0.316 e. The molecule has 1 rings (SSSR count).